The Bertz CT molecular complexity index is 382. The van der Waals surface area contributed by atoms with Crippen LogP contribution in [0.5, 0.6) is 0 Å². The Kier molecular flexibility index (Phi) is 5.20. The molecule has 18 heavy (non-hydrogen) atoms. The Morgan fingerprint density at radius 3 is 2.89 bits per heavy atom. The molecule has 4 nitrogen and oxygen atoms in total. The standard InChI is InChI=1S/C13H20ClN3O/c1-18-8-4-2-3-7-15-12-9-11(14)16-13(17-12)10-5-6-10/h9-10H,2-8H2,1H3,(H,15,16,17). The van der Waals surface area contributed by atoms with E-state index in [-0.39, 0.29) is 0 Å². The van der Waals surface area contributed by atoms with Gasteiger partial charge in [-0.15, -0.1) is 0 Å². The molecule has 1 N–H and O–H groups in total. The van der Waals surface area contributed by atoms with Gasteiger partial charge in [0.2, 0.25) is 0 Å². The van der Waals surface area contributed by atoms with Crippen molar-refractivity contribution in [2.75, 3.05) is 25.6 Å². The maximum atomic E-state index is 6.00. The predicted octanol–water partition coefficient (Wildman–Crippen LogP) is 3.24. The second-order valence-electron chi connectivity index (χ2n) is 4.69. The first kappa shape index (κ1) is 13.6. The molecule has 1 aromatic heterocycles. The molecule has 1 fully saturated rings. The summed E-state index contributed by atoms with van der Waals surface area (Å²) in [5.41, 5.74) is 0. The van der Waals surface area contributed by atoms with Gasteiger partial charge >= 0.3 is 0 Å². The molecule has 5 heteroatoms. The zero-order valence-corrected chi connectivity index (χ0v) is 11.5. The third-order valence-corrected chi connectivity index (χ3v) is 3.18. The average Bonchev–Trinajstić information content (AvgIpc) is 3.17. The van der Waals surface area contributed by atoms with Crippen LogP contribution in [0.15, 0.2) is 6.07 Å². The van der Waals surface area contributed by atoms with Crippen LogP contribution < -0.4 is 5.32 Å². The topological polar surface area (TPSA) is 47.0 Å². The molecule has 1 aromatic rings. The van der Waals surface area contributed by atoms with Crippen molar-refractivity contribution in [3.05, 3.63) is 17.0 Å². The van der Waals surface area contributed by atoms with Crippen molar-refractivity contribution in [2.24, 2.45) is 0 Å². The monoisotopic (exact) mass is 269 g/mol. The normalized spacial score (nSPS) is 14.8. The van der Waals surface area contributed by atoms with Crippen molar-refractivity contribution >= 4 is 17.4 Å². The number of nitrogens with zero attached hydrogens (tertiary/aromatic N) is 2. The van der Waals surface area contributed by atoms with E-state index in [1.165, 1.54) is 12.8 Å². The molecule has 0 aliphatic heterocycles. The Hall–Kier alpha value is -0.870. The fourth-order valence-corrected chi connectivity index (χ4v) is 2.00. The molecule has 0 spiro atoms. The van der Waals surface area contributed by atoms with Crippen molar-refractivity contribution in [2.45, 2.75) is 38.0 Å². The number of anilines is 1. The van der Waals surface area contributed by atoms with Crippen molar-refractivity contribution < 1.29 is 4.74 Å². The fraction of sp³-hybridized carbons (Fsp3) is 0.692. The highest BCUT2D eigenvalue weighted by molar-refractivity contribution is 6.29. The van der Waals surface area contributed by atoms with Crippen LogP contribution in [0.4, 0.5) is 5.82 Å². The molecule has 0 radical (unpaired) electrons. The molecule has 0 unspecified atom stereocenters. The number of hydrogen-bond donors (Lipinski definition) is 1. The molecule has 0 atom stereocenters. The summed E-state index contributed by atoms with van der Waals surface area (Å²) in [5.74, 6) is 2.28. The summed E-state index contributed by atoms with van der Waals surface area (Å²) >= 11 is 6.00. The molecule has 2 rings (SSSR count). The van der Waals surface area contributed by atoms with Crippen LogP contribution in [0.1, 0.15) is 43.8 Å². The summed E-state index contributed by atoms with van der Waals surface area (Å²) in [6.45, 7) is 1.76. The predicted molar refractivity (Wildman–Crippen MR) is 73.2 cm³/mol. The summed E-state index contributed by atoms with van der Waals surface area (Å²) < 4.78 is 5.01. The van der Waals surface area contributed by atoms with E-state index >= 15 is 0 Å². The van der Waals surface area contributed by atoms with Crippen LogP contribution in [0.25, 0.3) is 0 Å². The summed E-state index contributed by atoms with van der Waals surface area (Å²) in [6.07, 6.45) is 5.77. The number of ether oxygens (including phenoxy) is 1. The lowest BCUT2D eigenvalue weighted by atomic mass is 10.2. The third-order valence-electron chi connectivity index (χ3n) is 2.99. The van der Waals surface area contributed by atoms with E-state index in [1.807, 2.05) is 0 Å². The first-order valence-corrected chi connectivity index (χ1v) is 6.94. The van der Waals surface area contributed by atoms with E-state index in [4.69, 9.17) is 16.3 Å². The lowest BCUT2D eigenvalue weighted by molar-refractivity contribution is 0.192. The maximum Gasteiger partial charge on any atom is 0.135 e. The summed E-state index contributed by atoms with van der Waals surface area (Å²) in [5, 5.41) is 3.84. The molecular weight excluding hydrogens is 250 g/mol. The van der Waals surface area contributed by atoms with Gasteiger partial charge in [0.15, 0.2) is 0 Å². The van der Waals surface area contributed by atoms with Crippen molar-refractivity contribution in [3.8, 4) is 0 Å². The van der Waals surface area contributed by atoms with Crippen LogP contribution in [0.2, 0.25) is 5.15 Å². The van der Waals surface area contributed by atoms with Gasteiger partial charge < -0.3 is 10.1 Å². The van der Waals surface area contributed by atoms with Gasteiger partial charge in [0.1, 0.15) is 16.8 Å². The Balaban J connectivity index is 1.74. The highest BCUT2D eigenvalue weighted by atomic mass is 35.5. The fourth-order valence-electron chi connectivity index (χ4n) is 1.81. The number of nitrogens with one attached hydrogen (secondary N) is 1. The molecule has 0 bridgehead atoms. The smallest absolute Gasteiger partial charge is 0.135 e. The van der Waals surface area contributed by atoms with E-state index in [9.17, 15) is 0 Å². The van der Waals surface area contributed by atoms with Crippen LogP contribution in [0, 0.1) is 0 Å². The molecular formula is C13H20ClN3O. The molecule has 0 aromatic carbocycles. The highest BCUT2D eigenvalue weighted by Crippen LogP contribution is 2.38. The van der Waals surface area contributed by atoms with Crippen LogP contribution in [0.3, 0.4) is 0 Å². The lowest BCUT2D eigenvalue weighted by Gasteiger charge is -2.07. The van der Waals surface area contributed by atoms with Gasteiger partial charge in [0.25, 0.3) is 0 Å². The SMILES string of the molecule is COCCCCCNc1cc(Cl)nc(C2CC2)n1. The van der Waals surface area contributed by atoms with Gasteiger partial charge in [-0.25, -0.2) is 9.97 Å². The minimum atomic E-state index is 0.533. The molecule has 0 saturated heterocycles. The van der Waals surface area contributed by atoms with Crippen molar-refractivity contribution in [1.82, 2.24) is 9.97 Å². The lowest BCUT2D eigenvalue weighted by Crippen LogP contribution is -2.06. The van der Waals surface area contributed by atoms with E-state index in [0.717, 1.165) is 44.1 Å². The maximum absolute atomic E-state index is 6.00. The number of unbranched alkanes of at least 4 members (excludes halogenated alkanes) is 2. The molecule has 1 heterocycles. The second kappa shape index (κ2) is 6.90. The molecule has 100 valence electrons. The van der Waals surface area contributed by atoms with Gasteiger partial charge in [-0.05, 0) is 32.1 Å². The van der Waals surface area contributed by atoms with Crippen molar-refractivity contribution in [1.29, 1.82) is 0 Å². The van der Waals surface area contributed by atoms with E-state index in [0.29, 0.717) is 11.1 Å². The van der Waals surface area contributed by atoms with Crippen LogP contribution in [-0.2, 0) is 4.74 Å². The number of halogens is 1. The molecule has 0 amide bonds. The van der Waals surface area contributed by atoms with Crippen molar-refractivity contribution in [3.63, 3.8) is 0 Å². The Morgan fingerprint density at radius 2 is 2.17 bits per heavy atom. The average molecular weight is 270 g/mol. The van der Waals surface area contributed by atoms with Crippen LogP contribution >= 0.6 is 11.6 Å². The quantitative estimate of drug-likeness (QED) is 0.581. The number of hydrogen-bond acceptors (Lipinski definition) is 4. The number of rotatable bonds is 8. The van der Waals surface area contributed by atoms with Crippen LogP contribution in [-0.4, -0.2) is 30.2 Å². The molecule has 1 aliphatic rings. The molecule has 1 saturated carbocycles. The first-order valence-electron chi connectivity index (χ1n) is 6.57. The van der Waals surface area contributed by atoms with Gasteiger partial charge in [0.05, 0.1) is 0 Å². The zero-order chi connectivity index (χ0) is 12.8. The van der Waals surface area contributed by atoms with Gasteiger partial charge in [-0.2, -0.15) is 0 Å². The minimum Gasteiger partial charge on any atom is -0.385 e. The summed E-state index contributed by atoms with van der Waals surface area (Å²) in [6, 6.07) is 1.79. The number of methoxy groups -OCH3 is 1. The van der Waals surface area contributed by atoms with E-state index in [1.54, 1.807) is 13.2 Å². The largest absolute Gasteiger partial charge is 0.385 e. The number of aromatic nitrogens is 2. The van der Waals surface area contributed by atoms with Gasteiger partial charge in [-0.1, -0.05) is 11.6 Å². The first-order chi connectivity index (χ1) is 8.79. The van der Waals surface area contributed by atoms with E-state index in [2.05, 4.69) is 15.3 Å². The third kappa shape index (κ3) is 4.42. The summed E-state index contributed by atoms with van der Waals surface area (Å²) in [7, 11) is 1.74. The highest BCUT2D eigenvalue weighted by Gasteiger charge is 2.27. The summed E-state index contributed by atoms with van der Waals surface area (Å²) in [4.78, 5) is 8.76. The molecule has 1 aliphatic carbocycles. The zero-order valence-electron chi connectivity index (χ0n) is 10.8. The van der Waals surface area contributed by atoms with E-state index < -0.39 is 0 Å². The second-order valence-corrected chi connectivity index (χ2v) is 5.08. The Labute approximate surface area is 113 Å². The minimum absolute atomic E-state index is 0.533. The van der Waals surface area contributed by atoms with Gasteiger partial charge in [-0.3, -0.25) is 0 Å². The van der Waals surface area contributed by atoms with Gasteiger partial charge in [0, 0.05) is 32.2 Å². The Morgan fingerprint density at radius 1 is 1.33 bits per heavy atom.